The number of carbonyl (C=O) groups excluding carboxylic acids is 1. The molecule has 114 valence electrons. The molecule has 0 aliphatic rings. The Kier molecular flexibility index (Phi) is 5.97. The van der Waals surface area contributed by atoms with Crippen LogP contribution in [-0.4, -0.2) is 25.8 Å². The molecule has 0 radical (unpaired) electrons. The van der Waals surface area contributed by atoms with Crippen LogP contribution in [0.5, 0.6) is 11.5 Å². The Morgan fingerprint density at radius 2 is 2.05 bits per heavy atom. The Labute approximate surface area is 137 Å². The summed E-state index contributed by atoms with van der Waals surface area (Å²) in [4.78, 5) is 11.6. The summed E-state index contributed by atoms with van der Waals surface area (Å²) in [6.45, 7) is -0.100. The van der Waals surface area contributed by atoms with Crippen molar-refractivity contribution < 1.29 is 14.3 Å². The molecule has 1 amide bonds. The Morgan fingerprint density at radius 1 is 1.27 bits per heavy atom. The highest BCUT2D eigenvalue weighted by Gasteiger charge is 2.03. The third-order valence-corrected chi connectivity index (χ3v) is 3.19. The van der Waals surface area contributed by atoms with E-state index in [1.165, 1.54) is 6.21 Å². The summed E-state index contributed by atoms with van der Waals surface area (Å²) < 4.78 is 11.4. The molecule has 5 nitrogen and oxygen atoms in total. The van der Waals surface area contributed by atoms with Crippen LogP contribution >= 0.6 is 15.9 Å². The van der Waals surface area contributed by atoms with Crippen LogP contribution in [-0.2, 0) is 4.79 Å². The monoisotopic (exact) mass is 362 g/mol. The Balaban J connectivity index is 1.87. The number of hydrogen-bond donors (Lipinski definition) is 1. The van der Waals surface area contributed by atoms with Crippen LogP contribution in [0.25, 0.3) is 0 Å². The number of nitrogens with one attached hydrogen (secondary N) is 1. The van der Waals surface area contributed by atoms with E-state index in [-0.39, 0.29) is 12.5 Å². The normalized spacial score (nSPS) is 10.5. The molecule has 0 saturated carbocycles. The van der Waals surface area contributed by atoms with Crippen molar-refractivity contribution in [1.82, 2.24) is 5.43 Å². The second-order valence-corrected chi connectivity index (χ2v) is 5.20. The fraction of sp³-hybridized carbons (Fsp3) is 0.125. The predicted octanol–water partition coefficient (Wildman–Crippen LogP) is 2.99. The summed E-state index contributed by atoms with van der Waals surface area (Å²) >= 11 is 3.37. The summed E-state index contributed by atoms with van der Waals surface area (Å²) in [5.41, 5.74) is 3.16. The van der Waals surface area contributed by atoms with Crippen molar-refractivity contribution in [1.29, 1.82) is 0 Å². The van der Waals surface area contributed by atoms with Crippen molar-refractivity contribution in [3.8, 4) is 11.5 Å². The van der Waals surface area contributed by atoms with Gasteiger partial charge < -0.3 is 9.47 Å². The average Bonchev–Trinajstić information content (AvgIpc) is 2.54. The highest BCUT2D eigenvalue weighted by molar-refractivity contribution is 9.10. The van der Waals surface area contributed by atoms with Gasteiger partial charge >= 0.3 is 0 Å². The number of hydrazone groups is 1. The maximum atomic E-state index is 11.6. The van der Waals surface area contributed by atoms with Gasteiger partial charge in [-0.2, -0.15) is 5.10 Å². The zero-order valence-corrected chi connectivity index (χ0v) is 13.5. The zero-order valence-electron chi connectivity index (χ0n) is 12.0. The molecule has 0 bridgehead atoms. The standard InChI is InChI=1S/C16H15BrN2O3/c1-21-15-8-7-13(17)9-12(15)10-18-19-16(20)11-22-14-5-3-2-4-6-14/h2-10H,11H2,1H3,(H,19,20)/b18-10-. The molecule has 1 N–H and O–H groups in total. The molecule has 6 heteroatoms. The number of para-hydroxylation sites is 1. The van der Waals surface area contributed by atoms with Gasteiger partial charge in [0.15, 0.2) is 6.61 Å². The first-order valence-electron chi connectivity index (χ1n) is 6.52. The van der Waals surface area contributed by atoms with E-state index in [2.05, 4.69) is 26.5 Å². The van der Waals surface area contributed by atoms with E-state index in [4.69, 9.17) is 9.47 Å². The molecule has 0 atom stereocenters. The van der Waals surface area contributed by atoms with Crippen LogP contribution in [0.1, 0.15) is 5.56 Å². The van der Waals surface area contributed by atoms with E-state index >= 15 is 0 Å². The molecular weight excluding hydrogens is 348 g/mol. The fourth-order valence-corrected chi connectivity index (χ4v) is 2.06. The highest BCUT2D eigenvalue weighted by atomic mass is 79.9. The van der Waals surface area contributed by atoms with Gasteiger partial charge in [0.25, 0.3) is 5.91 Å². The summed E-state index contributed by atoms with van der Waals surface area (Å²) in [5, 5.41) is 3.90. The molecule has 0 spiro atoms. The van der Waals surface area contributed by atoms with E-state index in [9.17, 15) is 4.79 Å². The number of benzene rings is 2. The second kappa shape index (κ2) is 8.19. The summed E-state index contributed by atoms with van der Waals surface area (Å²) in [6.07, 6.45) is 1.52. The molecule has 0 aliphatic carbocycles. The number of methoxy groups -OCH3 is 1. The van der Waals surface area contributed by atoms with Gasteiger partial charge in [0.2, 0.25) is 0 Å². The minimum Gasteiger partial charge on any atom is -0.496 e. The Morgan fingerprint density at radius 3 is 2.77 bits per heavy atom. The molecule has 0 aromatic heterocycles. The number of nitrogens with zero attached hydrogens (tertiary/aromatic N) is 1. The van der Waals surface area contributed by atoms with E-state index in [1.54, 1.807) is 19.2 Å². The lowest BCUT2D eigenvalue weighted by molar-refractivity contribution is -0.123. The topological polar surface area (TPSA) is 59.9 Å². The number of halogens is 1. The van der Waals surface area contributed by atoms with Crippen LogP contribution in [0.4, 0.5) is 0 Å². The predicted molar refractivity (Wildman–Crippen MR) is 88.4 cm³/mol. The molecule has 0 fully saturated rings. The van der Waals surface area contributed by atoms with Crippen LogP contribution in [0, 0.1) is 0 Å². The van der Waals surface area contributed by atoms with Gasteiger partial charge in [-0.25, -0.2) is 5.43 Å². The van der Waals surface area contributed by atoms with Crippen LogP contribution in [0.3, 0.4) is 0 Å². The molecule has 0 aliphatic heterocycles. The number of carbonyl (C=O) groups is 1. The van der Waals surface area contributed by atoms with Crippen molar-refractivity contribution in [2.75, 3.05) is 13.7 Å². The van der Waals surface area contributed by atoms with Crippen molar-refractivity contribution in [2.45, 2.75) is 0 Å². The van der Waals surface area contributed by atoms with Gasteiger partial charge in [-0.15, -0.1) is 0 Å². The smallest absolute Gasteiger partial charge is 0.277 e. The van der Waals surface area contributed by atoms with Crippen LogP contribution in [0.15, 0.2) is 58.1 Å². The average molecular weight is 363 g/mol. The number of ether oxygens (including phenoxy) is 2. The van der Waals surface area contributed by atoms with Gasteiger partial charge in [-0.1, -0.05) is 34.1 Å². The molecule has 0 unspecified atom stereocenters. The number of hydrogen-bond acceptors (Lipinski definition) is 4. The minimum absolute atomic E-state index is 0.100. The Hall–Kier alpha value is -2.34. The number of amides is 1. The maximum absolute atomic E-state index is 11.6. The van der Waals surface area contributed by atoms with Gasteiger partial charge in [0.1, 0.15) is 11.5 Å². The molecule has 0 saturated heterocycles. The van der Waals surface area contributed by atoms with Gasteiger partial charge in [0.05, 0.1) is 13.3 Å². The lowest BCUT2D eigenvalue weighted by atomic mass is 10.2. The second-order valence-electron chi connectivity index (χ2n) is 4.28. The van der Waals surface area contributed by atoms with Crippen molar-refractivity contribution in [3.63, 3.8) is 0 Å². The summed E-state index contributed by atoms with van der Waals surface area (Å²) in [5.74, 6) is 0.964. The maximum Gasteiger partial charge on any atom is 0.277 e. The molecular formula is C16H15BrN2O3. The minimum atomic E-state index is -0.339. The van der Waals surface area contributed by atoms with Gasteiger partial charge in [-0.3, -0.25) is 4.79 Å². The lowest BCUT2D eigenvalue weighted by Gasteiger charge is -2.05. The third kappa shape index (κ3) is 4.89. The number of rotatable bonds is 6. The van der Waals surface area contributed by atoms with E-state index in [1.807, 2.05) is 36.4 Å². The third-order valence-electron chi connectivity index (χ3n) is 2.70. The van der Waals surface area contributed by atoms with Crippen molar-refractivity contribution >= 4 is 28.1 Å². The van der Waals surface area contributed by atoms with E-state index in [0.29, 0.717) is 11.5 Å². The molecule has 22 heavy (non-hydrogen) atoms. The first kappa shape index (κ1) is 16.0. The first-order valence-corrected chi connectivity index (χ1v) is 7.31. The SMILES string of the molecule is COc1ccc(Br)cc1/C=N\NC(=O)COc1ccccc1. The van der Waals surface area contributed by atoms with Crippen LogP contribution < -0.4 is 14.9 Å². The van der Waals surface area contributed by atoms with Gasteiger partial charge in [0, 0.05) is 10.0 Å². The molecule has 2 aromatic rings. The molecule has 2 rings (SSSR count). The summed E-state index contributed by atoms with van der Waals surface area (Å²) in [6, 6.07) is 14.6. The van der Waals surface area contributed by atoms with Crippen LogP contribution in [0.2, 0.25) is 0 Å². The quantitative estimate of drug-likeness (QED) is 0.634. The van der Waals surface area contributed by atoms with E-state index in [0.717, 1.165) is 10.0 Å². The zero-order chi connectivity index (χ0) is 15.8. The fourth-order valence-electron chi connectivity index (χ4n) is 1.68. The van der Waals surface area contributed by atoms with E-state index < -0.39 is 0 Å². The Bertz CT molecular complexity index is 660. The van der Waals surface area contributed by atoms with Crippen molar-refractivity contribution in [3.05, 3.63) is 58.6 Å². The lowest BCUT2D eigenvalue weighted by Crippen LogP contribution is -2.24. The first-order chi connectivity index (χ1) is 10.7. The largest absolute Gasteiger partial charge is 0.496 e. The summed E-state index contributed by atoms with van der Waals surface area (Å²) in [7, 11) is 1.58. The molecule has 0 heterocycles. The highest BCUT2D eigenvalue weighted by Crippen LogP contribution is 2.21. The molecule has 2 aromatic carbocycles. The van der Waals surface area contributed by atoms with Gasteiger partial charge in [-0.05, 0) is 30.3 Å². The van der Waals surface area contributed by atoms with Crippen molar-refractivity contribution in [2.24, 2.45) is 5.10 Å².